The molecule has 2 atom stereocenters. The molecule has 2 aliphatic heterocycles. The van der Waals surface area contributed by atoms with Gasteiger partial charge in [0.25, 0.3) is 5.91 Å². The van der Waals surface area contributed by atoms with E-state index >= 15 is 0 Å². The molecule has 1 unspecified atom stereocenters. The Labute approximate surface area is 96.2 Å². The van der Waals surface area contributed by atoms with Gasteiger partial charge in [-0.1, -0.05) is 6.08 Å². The van der Waals surface area contributed by atoms with E-state index < -0.39 is 5.60 Å². The molecule has 0 saturated carbocycles. The van der Waals surface area contributed by atoms with Crippen molar-refractivity contribution in [2.75, 3.05) is 26.9 Å². The zero-order valence-electron chi connectivity index (χ0n) is 9.94. The molecular weight excluding hydrogens is 206 g/mol. The van der Waals surface area contributed by atoms with Gasteiger partial charge in [0.05, 0.1) is 19.3 Å². The Kier molecular flexibility index (Phi) is 3.30. The summed E-state index contributed by atoms with van der Waals surface area (Å²) in [5, 5.41) is 0. The zero-order valence-corrected chi connectivity index (χ0v) is 9.94. The monoisotopic (exact) mass is 225 g/mol. The third kappa shape index (κ3) is 1.99. The predicted molar refractivity (Wildman–Crippen MR) is 60.1 cm³/mol. The molecule has 2 aliphatic rings. The molecule has 16 heavy (non-hydrogen) atoms. The van der Waals surface area contributed by atoms with Crippen LogP contribution >= 0.6 is 0 Å². The Morgan fingerprint density at radius 2 is 2.50 bits per heavy atom. The summed E-state index contributed by atoms with van der Waals surface area (Å²) in [5.74, 6) is 0.0702. The molecule has 0 spiro atoms. The van der Waals surface area contributed by atoms with Gasteiger partial charge in [-0.25, -0.2) is 0 Å². The molecule has 2 heterocycles. The molecule has 1 fully saturated rings. The van der Waals surface area contributed by atoms with Crippen LogP contribution in [0, 0.1) is 0 Å². The molecule has 90 valence electrons. The minimum absolute atomic E-state index is 0.0702. The number of methoxy groups -OCH3 is 1. The van der Waals surface area contributed by atoms with Gasteiger partial charge in [0, 0.05) is 13.7 Å². The molecule has 4 heteroatoms. The van der Waals surface area contributed by atoms with E-state index in [0.717, 1.165) is 19.4 Å². The summed E-state index contributed by atoms with van der Waals surface area (Å²) >= 11 is 0. The predicted octanol–water partition coefficient (Wildman–Crippen LogP) is 0.969. The lowest BCUT2D eigenvalue weighted by Gasteiger charge is -2.31. The van der Waals surface area contributed by atoms with Crippen molar-refractivity contribution in [1.29, 1.82) is 0 Å². The lowest BCUT2D eigenvalue weighted by Crippen LogP contribution is -2.49. The van der Waals surface area contributed by atoms with Crippen LogP contribution in [0.15, 0.2) is 12.2 Å². The first kappa shape index (κ1) is 11.6. The fraction of sp³-hybridized carbons (Fsp3) is 0.750. The number of amides is 1. The summed E-state index contributed by atoms with van der Waals surface area (Å²) in [6, 6.07) is 0.215. The molecule has 1 saturated heterocycles. The van der Waals surface area contributed by atoms with Crippen LogP contribution < -0.4 is 0 Å². The van der Waals surface area contributed by atoms with Crippen LogP contribution in [0.1, 0.15) is 19.8 Å². The van der Waals surface area contributed by atoms with Crippen LogP contribution in [0.25, 0.3) is 0 Å². The topological polar surface area (TPSA) is 38.8 Å². The van der Waals surface area contributed by atoms with E-state index in [0.29, 0.717) is 13.2 Å². The minimum atomic E-state index is -0.754. The van der Waals surface area contributed by atoms with Gasteiger partial charge in [0.15, 0.2) is 5.60 Å². The molecule has 0 aromatic rings. The second kappa shape index (κ2) is 4.55. The van der Waals surface area contributed by atoms with Crippen molar-refractivity contribution in [3.05, 3.63) is 12.2 Å². The molecule has 0 aromatic heterocycles. The molecule has 0 N–H and O–H groups in total. The highest BCUT2D eigenvalue weighted by Gasteiger charge is 2.41. The molecule has 0 aromatic carbocycles. The van der Waals surface area contributed by atoms with Crippen LogP contribution in [-0.2, 0) is 14.3 Å². The van der Waals surface area contributed by atoms with Crippen molar-refractivity contribution < 1.29 is 14.3 Å². The maximum absolute atomic E-state index is 12.3. The minimum Gasteiger partial charge on any atom is -0.383 e. The van der Waals surface area contributed by atoms with E-state index in [4.69, 9.17) is 9.47 Å². The van der Waals surface area contributed by atoms with Gasteiger partial charge in [-0.15, -0.1) is 0 Å². The van der Waals surface area contributed by atoms with E-state index in [1.807, 2.05) is 24.0 Å². The third-order valence-electron chi connectivity index (χ3n) is 3.34. The average molecular weight is 225 g/mol. The van der Waals surface area contributed by atoms with Crippen LogP contribution in [-0.4, -0.2) is 49.3 Å². The van der Waals surface area contributed by atoms with E-state index in [-0.39, 0.29) is 11.9 Å². The number of likely N-dealkylation sites (tertiary alicyclic amines) is 1. The molecule has 4 nitrogen and oxygen atoms in total. The van der Waals surface area contributed by atoms with Crippen molar-refractivity contribution in [1.82, 2.24) is 4.90 Å². The number of carbonyl (C=O) groups is 1. The summed E-state index contributed by atoms with van der Waals surface area (Å²) in [6.45, 7) is 3.80. The van der Waals surface area contributed by atoms with E-state index in [1.54, 1.807) is 7.11 Å². The highest BCUT2D eigenvalue weighted by Crippen LogP contribution is 2.26. The van der Waals surface area contributed by atoms with Crippen molar-refractivity contribution in [3.63, 3.8) is 0 Å². The normalized spacial score (nSPS) is 33.6. The summed E-state index contributed by atoms with van der Waals surface area (Å²) in [7, 11) is 1.68. The lowest BCUT2D eigenvalue weighted by atomic mass is 10.1. The number of nitrogens with zero attached hydrogens (tertiary/aromatic N) is 1. The molecule has 0 radical (unpaired) electrons. The van der Waals surface area contributed by atoms with E-state index in [2.05, 4.69) is 0 Å². The largest absolute Gasteiger partial charge is 0.383 e. The molecule has 1 amide bonds. The van der Waals surface area contributed by atoms with Gasteiger partial charge in [-0.2, -0.15) is 0 Å². The second-order valence-electron chi connectivity index (χ2n) is 4.57. The van der Waals surface area contributed by atoms with Crippen molar-refractivity contribution in [2.45, 2.75) is 31.4 Å². The van der Waals surface area contributed by atoms with Gasteiger partial charge in [0.1, 0.15) is 0 Å². The van der Waals surface area contributed by atoms with Crippen molar-refractivity contribution in [2.24, 2.45) is 0 Å². The molecular formula is C12H19NO3. The Hall–Kier alpha value is -0.870. The first-order valence-corrected chi connectivity index (χ1v) is 5.79. The molecule has 0 bridgehead atoms. The van der Waals surface area contributed by atoms with Crippen LogP contribution in [0.2, 0.25) is 0 Å². The van der Waals surface area contributed by atoms with Crippen molar-refractivity contribution >= 4 is 5.91 Å². The van der Waals surface area contributed by atoms with Gasteiger partial charge in [0.2, 0.25) is 0 Å². The smallest absolute Gasteiger partial charge is 0.258 e. The number of carbonyl (C=O) groups excluding carboxylic acids is 1. The quantitative estimate of drug-likeness (QED) is 0.672. The van der Waals surface area contributed by atoms with Gasteiger partial charge in [-0.3, -0.25) is 4.79 Å². The number of rotatable bonds is 3. The summed E-state index contributed by atoms with van der Waals surface area (Å²) in [6.07, 6.45) is 5.84. The van der Waals surface area contributed by atoms with E-state index in [1.165, 1.54) is 0 Å². The first-order valence-electron chi connectivity index (χ1n) is 5.79. The third-order valence-corrected chi connectivity index (χ3v) is 3.34. The Balaban J connectivity index is 2.06. The standard InChI is InChI=1S/C12H19NO3/c1-12(6-4-8-16-12)11(14)13-7-3-5-10(13)9-15-2/h4,6,10H,3,5,7-9H2,1-2H3/t10-,12?/m0/s1. The highest BCUT2D eigenvalue weighted by molar-refractivity contribution is 5.88. The van der Waals surface area contributed by atoms with Crippen LogP contribution in [0.5, 0.6) is 0 Å². The van der Waals surface area contributed by atoms with Gasteiger partial charge in [-0.05, 0) is 25.8 Å². The Morgan fingerprint density at radius 3 is 3.12 bits per heavy atom. The maximum atomic E-state index is 12.3. The highest BCUT2D eigenvalue weighted by atomic mass is 16.5. The van der Waals surface area contributed by atoms with E-state index in [9.17, 15) is 4.79 Å². The summed E-state index contributed by atoms with van der Waals surface area (Å²) in [5.41, 5.74) is -0.754. The number of hydrogen-bond donors (Lipinski definition) is 0. The van der Waals surface area contributed by atoms with Crippen LogP contribution in [0.4, 0.5) is 0 Å². The number of hydrogen-bond acceptors (Lipinski definition) is 3. The fourth-order valence-corrected chi connectivity index (χ4v) is 2.43. The SMILES string of the molecule is COC[C@@H]1CCCN1C(=O)C1(C)C=CCO1. The second-order valence-corrected chi connectivity index (χ2v) is 4.57. The fourth-order valence-electron chi connectivity index (χ4n) is 2.43. The maximum Gasteiger partial charge on any atom is 0.258 e. The average Bonchev–Trinajstić information content (AvgIpc) is 2.88. The Morgan fingerprint density at radius 1 is 1.69 bits per heavy atom. The first-order chi connectivity index (χ1) is 7.67. The molecule has 2 rings (SSSR count). The number of ether oxygens (including phenoxy) is 2. The summed E-state index contributed by atoms with van der Waals surface area (Å²) < 4.78 is 10.6. The van der Waals surface area contributed by atoms with Gasteiger partial charge >= 0.3 is 0 Å². The lowest BCUT2D eigenvalue weighted by molar-refractivity contribution is -0.149. The Bertz CT molecular complexity index is 303. The summed E-state index contributed by atoms with van der Waals surface area (Å²) in [4.78, 5) is 14.3. The van der Waals surface area contributed by atoms with Gasteiger partial charge < -0.3 is 14.4 Å². The van der Waals surface area contributed by atoms with Crippen molar-refractivity contribution in [3.8, 4) is 0 Å². The zero-order chi connectivity index (χ0) is 11.6. The molecule has 0 aliphatic carbocycles. The van der Waals surface area contributed by atoms with Crippen LogP contribution in [0.3, 0.4) is 0 Å².